The molecule has 25 heavy (non-hydrogen) atoms. The number of nitrogens with zero attached hydrogens (tertiary/aromatic N) is 2. The van der Waals surface area contributed by atoms with Gasteiger partial charge in [-0.15, -0.1) is 0 Å². The summed E-state index contributed by atoms with van der Waals surface area (Å²) in [7, 11) is 1.44. The Morgan fingerprint density at radius 3 is 1.72 bits per heavy atom. The Kier molecular flexibility index (Phi) is 12.0. The van der Waals surface area contributed by atoms with Gasteiger partial charge >= 0.3 is 11.9 Å². The van der Waals surface area contributed by atoms with Crippen LogP contribution in [0.5, 0.6) is 0 Å². The molecule has 0 spiro atoms. The van der Waals surface area contributed by atoms with Gasteiger partial charge < -0.3 is 20.8 Å². The van der Waals surface area contributed by atoms with Gasteiger partial charge in [0.2, 0.25) is 11.8 Å². The van der Waals surface area contributed by atoms with Gasteiger partial charge in [-0.2, -0.15) is 0 Å². The van der Waals surface area contributed by atoms with E-state index < -0.39 is 11.9 Å². The molecule has 0 aliphatic rings. The first kappa shape index (κ1) is 22.8. The number of carbonyl (C=O) groups excluding carboxylic acids is 2. The Labute approximate surface area is 147 Å². The molecule has 10 nitrogen and oxygen atoms in total. The number of nitrogens with one attached hydrogen (secondary N) is 2. The Morgan fingerprint density at radius 1 is 0.840 bits per heavy atom. The van der Waals surface area contributed by atoms with Gasteiger partial charge in [-0.05, 0) is 6.42 Å². The van der Waals surface area contributed by atoms with Gasteiger partial charge in [0.1, 0.15) is 0 Å². The van der Waals surface area contributed by atoms with Gasteiger partial charge in [-0.25, -0.2) is 0 Å². The highest BCUT2D eigenvalue weighted by Crippen LogP contribution is 1.95. The Balaban J connectivity index is 4.63. The number of likely N-dealkylation sites (N-methyl/N-ethyl adjacent to an activating group) is 1. The summed E-state index contributed by atoms with van der Waals surface area (Å²) < 4.78 is 0. The third-order valence-corrected chi connectivity index (χ3v) is 3.32. The molecule has 0 aliphatic heterocycles. The number of hydrogen-bond acceptors (Lipinski definition) is 6. The van der Waals surface area contributed by atoms with E-state index in [1.165, 1.54) is 16.8 Å². The van der Waals surface area contributed by atoms with Crippen molar-refractivity contribution in [1.82, 2.24) is 20.4 Å². The zero-order chi connectivity index (χ0) is 19.2. The smallest absolute Gasteiger partial charge is 0.317 e. The number of unbranched alkanes of at least 4 members (excludes halogenated alkanes) is 1. The molecule has 10 heteroatoms. The molecule has 0 bridgehead atoms. The zero-order valence-corrected chi connectivity index (χ0v) is 14.8. The van der Waals surface area contributed by atoms with E-state index in [1.807, 2.05) is 6.92 Å². The molecule has 0 atom stereocenters. The molecule has 0 aromatic rings. The van der Waals surface area contributed by atoms with Crippen molar-refractivity contribution in [2.24, 2.45) is 0 Å². The molecule has 0 fully saturated rings. The average Bonchev–Trinajstić information content (AvgIpc) is 2.51. The minimum atomic E-state index is -1.09. The van der Waals surface area contributed by atoms with Gasteiger partial charge in [0.25, 0.3) is 0 Å². The van der Waals surface area contributed by atoms with Gasteiger partial charge in [-0.3, -0.25) is 29.0 Å². The Hall–Kier alpha value is -2.20. The molecule has 0 aliphatic carbocycles. The summed E-state index contributed by atoms with van der Waals surface area (Å²) in [6, 6.07) is 0. The van der Waals surface area contributed by atoms with E-state index in [9.17, 15) is 19.2 Å². The molecular weight excluding hydrogens is 332 g/mol. The quantitative estimate of drug-likeness (QED) is 0.272. The molecule has 0 heterocycles. The van der Waals surface area contributed by atoms with E-state index in [-0.39, 0.29) is 51.1 Å². The van der Waals surface area contributed by atoms with Gasteiger partial charge in [0, 0.05) is 26.7 Å². The second-order valence-corrected chi connectivity index (χ2v) is 5.59. The average molecular weight is 360 g/mol. The van der Waals surface area contributed by atoms with Gasteiger partial charge in [0.15, 0.2) is 0 Å². The largest absolute Gasteiger partial charge is 0.480 e. The predicted molar refractivity (Wildman–Crippen MR) is 90.1 cm³/mol. The van der Waals surface area contributed by atoms with Crippen LogP contribution in [0.15, 0.2) is 0 Å². The normalized spacial score (nSPS) is 10.7. The maximum Gasteiger partial charge on any atom is 0.317 e. The summed E-state index contributed by atoms with van der Waals surface area (Å²) in [6.07, 6.45) is 1.77. The Morgan fingerprint density at radius 2 is 1.32 bits per heavy atom. The summed E-state index contributed by atoms with van der Waals surface area (Å²) in [4.78, 5) is 47.9. The van der Waals surface area contributed by atoms with Gasteiger partial charge in [-0.1, -0.05) is 13.3 Å². The Bertz CT molecular complexity index is 457. The molecule has 0 unspecified atom stereocenters. The van der Waals surface area contributed by atoms with Crippen LogP contribution in [-0.4, -0.2) is 96.6 Å². The summed E-state index contributed by atoms with van der Waals surface area (Å²) in [5, 5.41) is 23.0. The highest BCUT2D eigenvalue weighted by Gasteiger charge is 2.18. The monoisotopic (exact) mass is 360 g/mol. The summed E-state index contributed by atoms with van der Waals surface area (Å²) in [5.74, 6) is -2.81. The van der Waals surface area contributed by atoms with Crippen LogP contribution in [0.2, 0.25) is 0 Å². The number of carboxylic acid groups (broad SMARTS) is 2. The van der Waals surface area contributed by atoms with Crippen molar-refractivity contribution in [2.75, 3.05) is 52.9 Å². The van der Waals surface area contributed by atoms with Crippen LogP contribution < -0.4 is 10.6 Å². The molecule has 144 valence electrons. The SMILES string of the molecule is CCCCNC(=O)CN(CCN(CC(=O)O)CC(=O)NC)CC(=O)O. The first-order valence-electron chi connectivity index (χ1n) is 8.14. The standard InChI is InChI=1S/C15H28N4O6/c1-3-4-5-17-13(21)9-19(11-15(24)25)7-6-18(10-14(22)23)8-12(20)16-2/h3-11H2,1-2H3,(H,16,20)(H,17,21)(H,22,23)(H,24,25). The number of carbonyl (C=O) groups is 4. The van der Waals surface area contributed by atoms with Crippen LogP contribution in [0.1, 0.15) is 19.8 Å². The number of aliphatic carboxylic acids is 2. The number of hydrogen-bond donors (Lipinski definition) is 4. The highest BCUT2D eigenvalue weighted by atomic mass is 16.4. The van der Waals surface area contributed by atoms with E-state index >= 15 is 0 Å². The first-order valence-corrected chi connectivity index (χ1v) is 8.14. The van der Waals surface area contributed by atoms with Crippen molar-refractivity contribution in [3.63, 3.8) is 0 Å². The van der Waals surface area contributed by atoms with Crippen molar-refractivity contribution >= 4 is 23.8 Å². The molecule has 0 saturated heterocycles. The summed E-state index contributed by atoms with van der Waals surface area (Å²) in [5.41, 5.74) is 0. The molecule has 0 aromatic carbocycles. The fourth-order valence-corrected chi connectivity index (χ4v) is 2.04. The van der Waals surface area contributed by atoms with Crippen LogP contribution in [0.25, 0.3) is 0 Å². The number of amides is 2. The maximum atomic E-state index is 11.8. The van der Waals surface area contributed by atoms with Crippen molar-refractivity contribution in [3.05, 3.63) is 0 Å². The number of carboxylic acids is 2. The van der Waals surface area contributed by atoms with Crippen molar-refractivity contribution in [2.45, 2.75) is 19.8 Å². The fraction of sp³-hybridized carbons (Fsp3) is 0.733. The number of rotatable bonds is 14. The maximum absolute atomic E-state index is 11.8. The second-order valence-electron chi connectivity index (χ2n) is 5.59. The van der Waals surface area contributed by atoms with E-state index in [1.54, 1.807) is 0 Å². The van der Waals surface area contributed by atoms with E-state index in [2.05, 4.69) is 10.6 Å². The molecule has 0 radical (unpaired) electrons. The van der Waals surface area contributed by atoms with Crippen molar-refractivity contribution < 1.29 is 29.4 Å². The third kappa shape index (κ3) is 12.8. The second kappa shape index (κ2) is 13.1. The lowest BCUT2D eigenvalue weighted by Gasteiger charge is -2.25. The molecule has 0 aromatic heterocycles. The van der Waals surface area contributed by atoms with Crippen LogP contribution in [0, 0.1) is 0 Å². The molecule has 2 amide bonds. The van der Waals surface area contributed by atoms with E-state index in [0.29, 0.717) is 6.54 Å². The molecule has 0 saturated carbocycles. The minimum Gasteiger partial charge on any atom is -0.480 e. The predicted octanol–water partition coefficient (Wildman–Crippen LogP) is -1.58. The molecular formula is C15H28N4O6. The topological polar surface area (TPSA) is 139 Å². The van der Waals surface area contributed by atoms with Crippen LogP contribution in [0.4, 0.5) is 0 Å². The van der Waals surface area contributed by atoms with Crippen LogP contribution >= 0.6 is 0 Å². The third-order valence-electron chi connectivity index (χ3n) is 3.32. The lowest BCUT2D eigenvalue weighted by atomic mass is 10.3. The highest BCUT2D eigenvalue weighted by molar-refractivity contribution is 5.79. The minimum absolute atomic E-state index is 0.100. The van der Waals surface area contributed by atoms with Crippen LogP contribution in [-0.2, 0) is 19.2 Å². The molecule has 4 N–H and O–H groups in total. The lowest BCUT2D eigenvalue weighted by Crippen LogP contribution is -2.46. The van der Waals surface area contributed by atoms with E-state index in [0.717, 1.165) is 12.8 Å². The van der Waals surface area contributed by atoms with Crippen molar-refractivity contribution in [3.8, 4) is 0 Å². The fourth-order valence-electron chi connectivity index (χ4n) is 2.04. The molecule has 0 rings (SSSR count). The van der Waals surface area contributed by atoms with Crippen LogP contribution in [0.3, 0.4) is 0 Å². The first-order chi connectivity index (χ1) is 11.8. The van der Waals surface area contributed by atoms with Crippen molar-refractivity contribution in [1.29, 1.82) is 0 Å². The lowest BCUT2D eigenvalue weighted by molar-refractivity contribution is -0.141. The zero-order valence-electron chi connectivity index (χ0n) is 14.8. The van der Waals surface area contributed by atoms with E-state index in [4.69, 9.17) is 10.2 Å². The summed E-state index contributed by atoms with van der Waals surface area (Å²) >= 11 is 0. The summed E-state index contributed by atoms with van der Waals surface area (Å²) in [6.45, 7) is 1.90. The van der Waals surface area contributed by atoms with Gasteiger partial charge in [0.05, 0.1) is 26.2 Å².